The zero-order valence-corrected chi connectivity index (χ0v) is 24.1. The van der Waals surface area contributed by atoms with E-state index in [2.05, 4.69) is 132 Å². The Bertz CT molecular complexity index is 1390. The molecule has 0 fully saturated rings. The molecule has 196 valence electrons. The summed E-state index contributed by atoms with van der Waals surface area (Å²) in [6, 6.07) is 15.1. The summed E-state index contributed by atoms with van der Waals surface area (Å²) in [5.41, 5.74) is 8.69. The van der Waals surface area contributed by atoms with Crippen LogP contribution in [0.25, 0.3) is 10.8 Å². The van der Waals surface area contributed by atoms with Crippen molar-refractivity contribution in [2.24, 2.45) is 5.41 Å². The highest BCUT2D eigenvalue weighted by Gasteiger charge is 2.36. The van der Waals surface area contributed by atoms with Crippen molar-refractivity contribution < 1.29 is 0 Å². The molecule has 3 rings (SSSR count). The van der Waals surface area contributed by atoms with Crippen LogP contribution in [-0.2, 0) is 0 Å². The number of benzene rings is 2. The van der Waals surface area contributed by atoms with Crippen molar-refractivity contribution in [1.82, 2.24) is 0 Å². The SMILES string of the molecule is C#C/C=C\C=C(/CCCC)N(/C(C)=C/C=C1\C(=C)C(C)(C)C(/C=C\C)=C1CC)c1cccc2ccccc12. The van der Waals surface area contributed by atoms with Gasteiger partial charge >= 0.3 is 0 Å². The van der Waals surface area contributed by atoms with Gasteiger partial charge in [-0.2, -0.15) is 0 Å². The second-order valence-electron chi connectivity index (χ2n) is 10.4. The Hall–Kier alpha value is -3.76. The highest BCUT2D eigenvalue weighted by Crippen LogP contribution is 2.50. The highest BCUT2D eigenvalue weighted by molar-refractivity contribution is 5.95. The first-order valence-electron chi connectivity index (χ1n) is 13.9. The van der Waals surface area contributed by atoms with Gasteiger partial charge in [0.05, 0.1) is 5.69 Å². The van der Waals surface area contributed by atoms with E-state index in [4.69, 9.17) is 6.42 Å². The number of hydrogen-bond donors (Lipinski definition) is 0. The van der Waals surface area contributed by atoms with E-state index in [-0.39, 0.29) is 5.41 Å². The molecule has 0 saturated carbocycles. The minimum absolute atomic E-state index is 0.0764. The van der Waals surface area contributed by atoms with Gasteiger partial charge in [0, 0.05) is 22.2 Å². The molecular weight excluding hydrogens is 458 g/mol. The van der Waals surface area contributed by atoms with Crippen LogP contribution in [0.5, 0.6) is 0 Å². The van der Waals surface area contributed by atoms with E-state index in [9.17, 15) is 0 Å². The summed E-state index contributed by atoms with van der Waals surface area (Å²) >= 11 is 0. The molecule has 0 bridgehead atoms. The molecule has 0 amide bonds. The Morgan fingerprint density at radius 3 is 2.50 bits per heavy atom. The van der Waals surface area contributed by atoms with Crippen molar-refractivity contribution in [3.63, 3.8) is 0 Å². The topological polar surface area (TPSA) is 3.24 Å². The molecule has 1 aliphatic carbocycles. The molecular formula is C37H43N. The Kier molecular flexibility index (Phi) is 9.98. The zero-order chi connectivity index (χ0) is 27.7. The van der Waals surface area contributed by atoms with E-state index in [0.717, 1.165) is 31.4 Å². The Morgan fingerprint density at radius 1 is 1.08 bits per heavy atom. The number of rotatable bonds is 10. The van der Waals surface area contributed by atoms with Gasteiger partial charge in [-0.15, -0.1) is 6.42 Å². The largest absolute Gasteiger partial charge is 0.318 e. The molecule has 1 heteroatoms. The number of hydrogen-bond acceptors (Lipinski definition) is 1. The van der Waals surface area contributed by atoms with Crippen molar-refractivity contribution in [3.8, 4) is 12.3 Å². The van der Waals surface area contributed by atoms with Gasteiger partial charge < -0.3 is 4.90 Å². The molecule has 0 aliphatic heterocycles. The summed E-state index contributed by atoms with van der Waals surface area (Å²) in [5, 5.41) is 2.46. The molecule has 0 atom stereocenters. The fourth-order valence-corrected chi connectivity index (χ4v) is 5.36. The van der Waals surface area contributed by atoms with Gasteiger partial charge in [0.15, 0.2) is 0 Å². The zero-order valence-electron chi connectivity index (χ0n) is 24.1. The van der Waals surface area contributed by atoms with Crippen molar-refractivity contribution in [2.75, 3.05) is 4.90 Å². The number of anilines is 1. The number of allylic oxidation sites excluding steroid dienone is 13. The summed E-state index contributed by atoms with van der Waals surface area (Å²) < 4.78 is 0. The monoisotopic (exact) mass is 501 g/mol. The Labute approximate surface area is 231 Å². The van der Waals surface area contributed by atoms with Gasteiger partial charge in [0.1, 0.15) is 0 Å². The van der Waals surface area contributed by atoms with Crippen LogP contribution in [0.1, 0.15) is 67.2 Å². The number of terminal acetylenes is 1. The summed E-state index contributed by atoms with van der Waals surface area (Å²) in [4.78, 5) is 2.40. The van der Waals surface area contributed by atoms with E-state index in [1.165, 1.54) is 44.4 Å². The maximum Gasteiger partial charge on any atom is 0.0533 e. The molecule has 38 heavy (non-hydrogen) atoms. The van der Waals surface area contributed by atoms with E-state index in [0.29, 0.717) is 0 Å². The van der Waals surface area contributed by atoms with Gasteiger partial charge in [-0.05, 0) is 85.1 Å². The number of nitrogens with zero attached hydrogens (tertiary/aromatic N) is 1. The van der Waals surface area contributed by atoms with Crippen LogP contribution in [0.15, 0.2) is 125 Å². The summed E-state index contributed by atoms with van der Waals surface area (Å²) in [6.07, 6.45) is 24.6. The van der Waals surface area contributed by atoms with Crippen molar-refractivity contribution in [3.05, 3.63) is 125 Å². The predicted octanol–water partition coefficient (Wildman–Crippen LogP) is 10.6. The fraction of sp³-hybridized carbons (Fsp3) is 0.297. The Balaban J connectivity index is 2.23. The lowest BCUT2D eigenvalue weighted by Gasteiger charge is -2.30. The first-order valence-corrected chi connectivity index (χ1v) is 13.9. The normalized spacial score (nSPS) is 17.4. The predicted molar refractivity (Wildman–Crippen MR) is 169 cm³/mol. The minimum Gasteiger partial charge on any atom is -0.318 e. The summed E-state index contributed by atoms with van der Waals surface area (Å²) in [5.74, 6) is 2.63. The molecule has 0 heterocycles. The van der Waals surface area contributed by atoms with Crippen molar-refractivity contribution in [2.45, 2.75) is 67.2 Å². The minimum atomic E-state index is -0.0764. The van der Waals surface area contributed by atoms with Crippen LogP contribution in [0.3, 0.4) is 0 Å². The highest BCUT2D eigenvalue weighted by atomic mass is 15.2. The third-order valence-electron chi connectivity index (χ3n) is 7.50. The fourth-order valence-electron chi connectivity index (χ4n) is 5.36. The van der Waals surface area contributed by atoms with E-state index in [1.807, 2.05) is 6.08 Å². The lowest BCUT2D eigenvalue weighted by atomic mass is 9.81. The second kappa shape index (κ2) is 13.2. The van der Waals surface area contributed by atoms with E-state index >= 15 is 0 Å². The molecule has 0 N–H and O–H groups in total. The van der Waals surface area contributed by atoms with Crippen LogP contribution in [0.2, 0.25) is 0 Å². The summed E-state index contributed by atoms with van der Waals surface area (Å²) in [7, 11) is 0. The molecule has 1 nitrogen and oxygen atoms in total. The third-order valence-corrected chi connectivity index (χ3v) is 7.50. The average Bonchev–Trinajstić information content (AvgIpc) is 3.10. The molecule has 2 aromatic carbocycles. The average molecular weight is 502 g/mol. The lowest BCUT2D eigenvalue weighted by Crippen LogP contribution is -2.21. The molecule has 1 aliphatic rings. The lowest BCUT2D eigenvalue weighted by molar-refractivity contribution is 0.580. The van der Waals surface area contributed by atoms with E-state index in [1.54, 1.807) is 6.08 Å². The smallest absolute Gasteiger partial charge is 0.0533 e. The standard InChI is InChI=1S/C37H43N/c1-9-13-15-23-31(22-14-10-2)38(36-25-18-21-30-20-16-17-24-34(30)36)28(5)26-27-33-29(6)37(7,8)35(19-11-3)32(33)12-4/h1,11,13,15-21,23-27H,6,10,12,14,22H2,2-5,7-8H3/b15-13-,19-11-,28-26+,31-23+,33-27+. The van der Waals surface area contributed by atoms with Crippen LogP contribution in [0, 0.1) is 17.8 Å². The molecule has 0 unspecified atom stereocenters. The van der Waals surface area contributed by atoms with Crippen molar-refractivity contribution >= 4 is 16.5 Å². The number of fused-ring (bicyclic) bond motifs is 1. The first kappa shape index (κ1) is 28.8. The van der Waals surface area contributed by atoms with Crippen LogP contribution in [-0.4, -0.2) is 0 Å². The van der Waals surface area contributed by atoms with E-state index < -0.39 is 0 Å². The molecule has 2 aromatic rings. The van der Waals surface area contributed by atoms with Gasteiger partial charge in [-0.25, -0.2) is 0 Å². The van der Waals surface area contributed by atoms with Gasteiger partial charge in [0.25, 0.3) is 0 Å². The molecule has 0 spiro atoms. The second-order valence-corrected chi connectivity index (χ2v) is 10.4. The van der Waals surface area contributed by atoms with Crippen molar-refractivity contribution in [1.29, 1.82) is 0 Å². The van der Waals surface area contributed by atoms with Gasteiger partial charge in [-0.3, -0.25) is 0 Å². The number of unbranched alkanes of at least 4 members (excludes halogenated alkanes) is 1. The Morgan fingerprint density at radius 2 is 1.82 bits per heavy atom. The maximum absolute atomic E-state index is 5.53. The molecule has 0 radical (unpaired) electrons. The van der Waals surface area contributed by atoms with Gasteiger partial charge in [0.2, 0.25) is 0 Å². The van der Waals surface area contributed by atoms with Crippen LogP contribution in [0.4, 0.5) is 5.69 Å². The first-order chi connectivity index (χ1) is 18.3. The maximum atomic E-state index is 5.53. The third kappa shape index (κ3) is 6.03. The van der Waals surface area contributed by atoms with Gasteiger partial charge in [-0.1, -0.05) is 107 Å². The van der Waals surface area contributed by atoms with Crippen LogP contribution < -0.4 is 4.90 Å². The van der Waals surface area contributed by atoms with Crippen LogP contribution >= 0.6 is 0 Å². The quantitative estimate of drug-likeness (QED) is 0.231. The molecule has 0 aromatic heterocycles. The molecule has 0 saturated heterocycles. The summed E-state index contributed by atoms with van der Waals surface area (Å²) in [6.45, 7) is 17.9.